The van der Waals surface area contributed by atoms with E-state index in [9.17, 15) is 12.8 Å². The summed E-state index contributed by atoms with van der Waals surface area (Å²) in [5, 5.41) is 4.06. The van der Waals surface area contributed by atoms with Gasteiger partial charge in [0.25, 0.3) is 0 Å². The molecular formula is C15H13FN4O2S. The molecule has 0 saturated carbocycles. The van der Waals surface area contributed by atoms with Crippen molar-refractivity contribution in [3.8, 4) is 5.82 Å². The number of hydrogen-bond donors (Lipinski definition) is 1. The van der Waals surface area contributed by atoms with Gasteiger partial charge in [0.15, 0.2) is 5.82 Å². The maximum Gasteiger partial charge on any atom is 0.240 e. The van der Waals surface area contributed by atoms with Crippen LogP contribution >= 0.6 is 0 Å². The highest BCUT2D eigenvalue weighted by atomic mass is 32.2. The molecule has 0 aliphatic rings. The smallest absolute Gasteiger partial charge is 0.237 e. The Morgan fingerprint density at radius 1 is 1.13 bits per heavy atom. The number of benzene rings is 1. The lowest BCUT2D eigenvalue weighted by molar-refractivity contribution is 0.580. The Labute approximate surface area is 132 Å². The summed E-state index contributed by atoms with van der Waals surface area (Å²) in [6, 6.07) is 9.94. The van der Waals surface area contributed by atoms with Crippen LogP contribution in [0.3, 0.4) is 0 Å². The van der Waals surface area contributed by atoms with Crippen molar-refractivity contribution in [1.82, 2.24) is 19.5 Å². The van der Waals surface area contributed by atoms with E-state index in [-0.39, 0.29) is 11.4 Å². The first kappa shape index (κ1) is 15.3. The van der Waals surface area contributed by atoms with Gasteiger partial charge in [-0.3, -0.25) is 0 Å². The number of halogens is 1. The van der Waals surface area contributed by atoms with Crippen LogP contribution in [0.25, 0.3) is 5.82 Å². The third kappa shape index (κ3) is 3.61. The predicted octanol–water partition coefficient (Wildman–Crippen LogP) is 1.88. The van der Waals surface area contributed by atoms with Gasteiger partial charge in [-0.25, -0.2) is 27.2 Å². The average molecular weight is 332 g/mol. The number of hydrogen-bond acceptors (Lipinski definition) is 4. The largest absolute Gasteiger partial charge is 0.240 e. The summed E-state index contributed by atoms with van der Waals surface area (Å²) in [7, 11) is -3.69. The minimum absolute atomic E-state index is 0.0139. The molecule has 3 aromatic rings. The Morgan fingerprint density at radius 3 is 2.52 bits per heavy atom. The molecule has 0 spiro atoms. The van der Waals surface area contributed by atoms with E-state index < -0.39 is 15.8 Å². The molecule has 118 valence electrons. The Morgan fingerprint density at radius 2 is 1.91 bits per heavy atom. The second kappa shape index (κ2) is 6.27. The first-order chi connectivity index (χ1) is 11.0. The van der Waals surface area contributed by atoms with Crippen molar-refractivity contribution < 1.29 is 12.8 Å². The highest BCUT2D eigenvalue weighted by Crippen LogP contribution is 2.11. The number of rotatable bonds is 5. The van der Waals surface area contributed by atoms with Crippen molar-refractivity contribution >= 4 is 10.0 Å². The fourth-order valence-corrected chi connectivity index (χ4v) is 2.95. The quantitative estimate of drug-likeness (QED) is 0.774. The van der Waals surface area contributed by atoms with Crippen LogP contribution in [-0.2, 0) is 16.6 Å². The Hall–Kier alpha value is -2.58. The molecule has 6 nitrogen and oxygen atoms in total. The van der Waals surface area contributed by atoms with Gasteiger partial charge in [0.05, 0.1) is 4.90 Å². The molecule has 8 heteroatoms. The van der Waals surface area contributed by atoms with Gasteiger partial charge >= 0.3 is 0 Å². The molecule has 0 amide bonds. The molecule has 23 heavy (non-hydrogen) atoms. The molecule has 0 saturated heterocycles. The summed E-state index contributed by atoms with van der Waals surface area (Å²) in [5.41, 5.74) is 0.701. The molecule has 0 fully saturated rings. The van der Waals surface area contributed by atoms with Crippen LogP contribution < -0.4 is 4.72 Å². The van der Waals surface area contributed by atoms with Gasteiger partial charge in [0, 0.05) is 25.1 Å². The first-order valence-electron chi connectivity index (χ1n) is 6.75. The molecule has 0 aliphatic heterocycles. The minimum atomic E-state index is -3.69. The highest BCUT2D eigenvalue weighted by Gasteiger charge is 2.13. The van der Waals surface area contributed by atoms with Crippen molar-refractivity contribution in [2.75, 3.05) is 0 Å². The summed E-state index contributed by atoms with van der Waals surface area (Å²) in [6.45, 7) is 0.0894. The maximum absolute atomic E-state index is 12.8. The number of nitrogens with zero attached hydrogens (tertiary/aromatic N) is 3. The van der Waals surface area contributed by atoms with E-state index in [1.165, 1.54) is 12.1 Å². The lowest BCUT2D eigenvalue weighted by Crippen LogP contribution is -2.23. The topological polar surface area (TPSA) is 76.9 Å². The molecular weight excluding hydrogens is 319 g/mol. The highest BCUT2D eigenvalue weighted by molar-refractivity contribution is 7.89. The second-order valence-electron chi connectivity index (χ2n) is 4.75. The van der Waals surface area contributed by atoms with Gasteiger partial charge < -0.3 is 0 Å². The van der Waals surface area contributed by atoms with Crippen molar-refractivity contribution in [2.24, 2.45) is 0 Å². The molecule has 3 rings (SSSR count). The SMILES string of the molecule is O=S(=O)(NCc1ccc(-n2cccn2)nc1)c1ccc(F)cc1. The van der Waals surface area contributed by atoms with Gasteiger partial charge in [-0.2, -0.15) is 5.10 Å². The molecule has 2 aromatic heterocycles. The number of pyridine rings is 1. The van der Waals surface area contributed by atoms with Gasteiger partial charge in [-0.15, -0.1) is 0 Å². The fraction of sp³-hybridized carbons (Fsp3) is 0.0667. The van der Waals surface area contributed by atoms with Crippen LogP contribution in [0.15, 0.2) is 66.0 Å². The number of sulfonamides is 1. The summed E-state index contributed by atoms with van der Waals surface area (Å²) >= 11 is 0. The Kier molecular flexibility index (Phi) is 4.18. The van der Waals surface area contributed by atoms with Crippen LogP contribution in [0, 0.1) is 5.82 Å². The van der Waals surface area contributed by atoms with Crippen LogP contribution in [-0.4, -0.2) is 23.2 Å². The summed E-state index contributed by atoms with van der Waals surface area (Å²) in [5.74, 6) is 0.155. The summed E-state index contributed by atoms with van der Waals surface area (Å²) in [4.78, 5) is 4.24. The van der Waals surface area contributed by atoms with Crippen molar-refractivity contribution in [3.05, 3.63) is 72.4 Å². The molecule has 2 heterocycles. The summed E-state index contributed by atoms with van der Waals surface area (Å²) < 4.78 is 41.1. The molecule has 0 bridgehead atoms. The van der Waals surface area contributed by atoms with Crippen LogP contribution in [0.4, 0.5) is 4.39 Å². The first-order valence-corrected chi connectivity index (χ1v) is 8.23. The zero-order valence-electron chi connectivity index (χ0n) is 11.9. The van der Waals surface area contributed by atoms with E-state index in [1.54, 1.807) is 41.5 Å². The minimum Gasteiger partial charge on any atom is -0.237 e. The van der Waals surface area contributed by atoms with Gasteiger partial charge in [-0.1, -0.05) is 6.07 Å². The zero-order valence-corrected chi connectivity index (χ0v) is 12.7. The van der Waals surface area contributed by atoms with Crippen molar-refractivity contribution in [3.63, 3.8) is 0 Å². The lowest BCUT2D eigenvalue weighted by Gasteiger charge is -2.07. The second-order valence-corrected chi connectivity index (χ2v) is 6.52. The normalized spacial score (nSPS) is 11.5. The third-order valence-electron chi connectivity index (χ3n) is 3.14. The van der Waals surface area contributed by atoms with Gasteiger partial charge in [0.1, 0.15) is 5.82 Å². The number of nitrogens with one attached hydrogen (secondary N) is 1. The van der Waals surface area contributed by atoms with Crippen molar-refractivity contribution in [2.45, 2.75) is 11.4 Å². The monoisotopic (exact) mass is 332 g/mol. The van der Waals surface area contributed by atoms with Crippen LogP contribution in [0.1, 0.15) is 5.56 Å². The van der Waals surface area contributed by atoms with Crippen LogP contribution in [0.2, 0.25) is 0 Å². The fourth-order valence-electron chi connectivity index (χ4n) is 1.94. The van der Waals surface area contributed by atoms with E-state index in [0.717, 1.165) is 12.1 Å². The van der Waals surface area contributed by atoms with E-state index >= 15 is 0 Å². The number of aromatic nitrogens is 3. The van der Waals surface area contributed by atoms with E-state index in [2.05, 4.69) is 14.8 Å². The standard InChI is InChI=1S/C15H13FN4O2S/c16-13-3-5-14(6-4-13)23(21,22)19-11-12-2-7-15(17-10-12)20-9-1-8-18-20/h1-10,19H,11H2. The molecule has 0 unspecified atom stereocenters. The van der Waals surface area contributed by atoms with Crippen molar-refractivity contribution in [1.29, 1.82) is 0 Å². The molecule has 0 atom stereocenters. The average Bonchev–Trinajstić information content (AvgIpc) is 3.08. The zero-order chi connectivity index (χ0) is 16.3. The maximum atomic E-state index is 12.8. The van der Waals surface area contributed by atoms with E-state index in [4.69, 9.17) is 0 Å². The molecule has 1 aromatic carbocycles. The molecule has 0 aliphatic carbocycles. The molecule has 1 N–H and O–H groups in total. The van der Waals surface area contributed by atoms with Gasteiger partial charge in [0.2, 0.25) is 10.0 Å². The lowest BCUT2D eigenvalue weighted by atomic mass is 10.3. The molecule has 0 radical (unpaired) electrons. The van der Waals surface area contributed by atoms with Crippen LogP contribution in [0.5, 0.6) is 0 Å². The predicted molar refractivity (Wildman–Crippen MR) is 81.8 cm³/mol. The van der Waals surface area contributed by atoms with E-state index in [0.29, 0.717) is 11.4 Å². The Balaban J connectivity index is 1.69. The van der Waals surface area contributed by atoms with E-state index in [1.807, 2.05) is 0 Å². The Bertz CT molecular complexity index is 876. The summed E-state index contributed by atoms with van der Waals surface area (Å²) in [6.07, 6.45) is 4.98. The van der Waals surface area contributed by atoms with Gasteiger partial charge in [-0.05, 0) is 42.0 Å². The third-order valence-corrected chi connectivity index (χ3v) is 4.56.